The van der Waals surface area contributed by atoms with Gasteiger partial charge in [-0.3, -0.25) is 0 Å². The molecule has 1 aliphatic heterocycles. The van der Waals surface area contributed by atoms with Crippen LogP contribution in [0, 0.1) is 6.92 Å². The summed E-state index contributed by atoms with van der Waals surface area (Å²) in [5.74, 6) is 0. The van der Waals surface area contributed by atoms with Crippen LogP contribution in [0.15, 0.2) is 24.3 Å². The highest BCUT2D eigenvalue weighted by molar-refractivity contribution is 5.47. The van der Waals surface area contributed by atoms with Crippen molar-refractivity contribution >= 4 is 5.69 Å². The van der Waals surface area contributed by atoms with E-state index in [0.717, 1.165) is 19.5 Å². The fraction of sp³-hybridized carbons (Fsp3) is 0.538. The first-order chi connectivity index (χ1) is 7.74. The van der Waals surface area contributed by atoms with E-state index in [2.05, 4.69) is 41.8 Å². The molecular formula is C13H21N3. The van der Waals surface area contributed by atoms with E-state index < -0.39 is 0 Å². The molecule has 16 heavy (non-hydrogen) atoms. The zero-order valence-electron chi connectivity index (χ0n) is 9.92. The van der Waals surface area contributed by atoms with Crippen LogP contribution in [-0.4, -0.2) is 25.2 Å². The standard InChI is InChI=1S/C13H21N3/c1-11-3-5-12(6-4-11)16-13(9-14)7-2-8-15-10-13/h3-6,15-16H,2,7-10,14H2,1H3. The highest BCUT2D eigenvalue weighted by Crippen LogP contribution is 2.21. The SMILES string of the molecule is Cc1ccc(NC2(CN)CCCNC2)cc1. The molecule has 1 aromatic carbocycles. The minimum atomic E-state index is 0.0352. The lowest BCUT2D eigenvalue weighted by Crippen LogP contribution is -2.56. The minimum absolute atomic E-state index is 0.0352. The number of nitrogens with one attached hydrogen (secondary N) is 2. The van der Waals surface area contributed by atoms with E-state index in [0.29, 0.717) is 6.54 Å². The second-order valence-corrected chi connectivity index (χ2v) is 4.76. The van der Waals surface area contributed by atoms with Gasteiger partial charge in [0.05, 0.1) is 5.54 Å². The predicted octanol–water partition coefficient (Wildman–Crippen LogP) is 1.49. The Morgan fingerprint density at radius 3 is 2.69 bits per heavy atom. The minimum Gasteiger partial charge on any atom is -0.377 e. The average molecular weight is 219 g/mol. The maximum absolute atomic E-state index is 5.91. The Bertz CT molecular complexity index is 326. The molecule has 0 spiro atoms. The van der Waals surface area contributed by atoms with Crippen LogP contribution in [0.3, 0.4) is 0 Å². The van der Waals surface area contributed by atoms with Crippen LogP contribution in [0.5, 0.6) is 0 Å². The van der Waals surface area contributed by atoms with Gasteiger partial charge >= 0.3 is 0 Å². The van der Waals surface area contributed by atoms with Gasteiger partial charge in [0.1, 0.15) is 0 Å². The van der Waals surface area contributed by atoms with Crippen LogP contribution < -0.4 is 16.4 Å². The molecule has 1 unspecified atom stereocenters. The van der Waals surface area contributed by atoms with Crippen molar-refractivity contribution in [3.8, 4) is 0 Å². The fourth-order valence-corrected chi connectivity index (χ4v) is 2.24. The molecule has 3 heteroatoms. The smallest absolute Gasteiger partial charge is 0.0620 e. The van der Waals surface area contributed by atoms with E-state index in [9.17, 15) is 0 Å². The van der Waals surface area contributed by atoms with Crippen LogP contribution in [0.2, 0.25) is 0 Å². The Morgan fingerprint density at radius 1 is 1.38 bits per heavy atom. The number of nitrogens with two attached hydrogens (primary N) is 1. The van der Waals surface area contributed by atoms with Gasteiger partial charge in [0.25, 0.3) is 0 Å². The summed E-state index contributed by atoms with van der Waals surface area (Å²) in [6.45, 7) is 4.84. The lowest BCUT2D eigenvalue weighted by molar-refractivity contribution is 0.350. The predicted molar refractivity (Wildman–Crippen MR) is 68.7 cm³/mol. The van der Waals surface area contributed by atoms with Crippen LogP contribution >= 0.6 is 0 Å². The molecule has 4 N–H and O–H groups in total. The Labute approximate surface area is 97.4 Å². The molecule has 3 nitrogen and oxygen atoms in total. The van der Waals surface area contributed by atoms with Gasteiger partial charge < -0.3 is 16.4 Å². The summed E-state index contributed by atoms with van der Waals surface area (Å²) in [5, 5.41) is 7.00. The van der Waals surface area contributed by atoms with Gasteiger partial charge in [-0.05, 0) is 38.4 Å². The van der Waals surface area contributed by atoms with Crippen molar-refractivity contribution in [2.45, 2.75) is 25.3 Å². The number of anilines is 1. The maximum atomic E-state index is 5.91. The molecule has 0 aliphatic carbocycles. The third-order valence-corrected chi connectivity index (χ3v) is 3.32. The highest BCUT2D eigenvalue weighted by Gasteiger charge is 2.30. The molecule has 0 saturated carbocycles. The fourth-order valence-electron chi connectivity index (χ4n) is 2.24. The topological polar surface area (TPSA) is 50.1 Å². The second kappa shape index (κ2) is 4.85. The number of hydrogen-bond acceptors (Lipinski definition) is 3. The Morgan fingerprint density at radius 2 is 2.12 bits per heavy atom. The average Bonchev–Trinajstić information content (AvgIpc) is 2.33. The van der Waals surface area contributed by atoms with E-state index in [1.807, 2.05) is 0 Å². The molecule has 0 bridgehead atoms. The first-order valence-electron chi connectivity index (χ1n) is 6.00. The molecule has 0 aromatic heterocycles. The molecule has 2 rings (SSSR count). The zero-order chi connectivity index (χ0) is 11.4. The van der Waals surface area contributed by atoms with E-state index >= 15 is 0 Å². The van der Waals surface area contributed by atoms with Crippen LogP contribution in [0.4, 0.5) is 5.69 Å². The molecule has 1 fully saturated rings. The molecule has 0 radical (unpaired) electrons. The van der Waals surface area contributed by atoms with Gasteiger partial charge in [-0.15, -0.1) is 0 Å². The number of aryl methyl sites for hydroxylation is 1. The van der Waals surface area contributed by atoms with Gasteiger partial charge in [-0.2, -0.15) is 0 Å². The van der Waals surface area contributed by atoms with Crippen molar-refractivity contribution < 1.29 is 0 Å². The molecule has 1 atom stereocenters. The van der Waals surface area contributed by atoms with Gasteiger partial charge in [-0.25, -0.2) is 0 Å². The van der Waals surface area contributed by atoms with Crippen molar-refractivity contribution in [1.82, 2.24) is 5.32 Å². The van der Waals surface area contributed by atoms with E-state index in [4.69, 9.17) is 5.73 Å². The van der Waals surface area contributed by atoms with Crippen LogP contribution in [0.1, 0.15) is 18.4 Å². The molecule has 1 aliphatic rings. The molecular weight excluding hydrogens is 198 g/mol. The molecule has 1 aromatic rings. The van der Waals surface area contributed by atoms with Crippen molar-refractivity contribution in [3.63, 3.8) is 0 Å². The summed E-state index contributed by atoms with van der Waals surface area (Å²) in [7, 11) is 0. The maximum Gasteiger partial charge on any atom is 0.0620 e. The first-order valence-corrected chi connectivity index (χ1v) is 6.00. The summed E-state index contributed by atoms with van der Waals surface area (Å²) in [6.07, 6.45) is 2.33. The van der Waals surface area contributed by atoms with Crippen LogP contribution in [-0.2, 0) is 0 Å². The summed E-state index contributed by atoms with van der Waals surface area (Å²) in [6, 6.07) is 8.51. The number of benzene rings is 1. The summed E-state index contributed by atoms with van der Waals surface area (Å²) in [4.78, 5) is 0. The number of rotatable bonds is 3. The summed E-state index contributed by atoms with van der Waals surface area (Å²) >= 11 is 0. The quantitative estimate of drug-likeness (QED) is 0.722. The van der Waals surface area contributed by atoms with E-state index in [1.54, 1.807) is 0 Å². The Hall–Kier alpha value is -1.06. The van der Waals surface area contributed by atoms with Crippen molar-refractivity contribution in [2.75, 3.05) is 25.0 Å². The van der Waals surface area contributed by atoms with Crippen molar-refractivity contribution in [3.05, 3.63) is 29.8 Å². The number of piperidine rings is 1. The third-order valence-electron chi connectivity index (χ3n) is 3.32. The second-order valence-electron chi connectivity index (χ2n) is 4.76. The summed E-state index contributed by atoms with van der Waals surface area (Å²) < 4.78 is 0. The molecule has 1 saturated heterocycles. The van der Waals surface area contributed by atoms with Crippen molar-refractivity contribution in [1.29, 1.82) is 0 Å². The Balaban J connectivity index is 2.08. The van der Waals surface area contributed by atoms with Gasteiger partial charge in [-0.1, -0.05) is 17.7 Å². The van der Waals surface area contributed by atoms with Gasteiger partial charge in [0.2, 0.25) is 0 Å². The van der Waals surface area contributed by atoms with Gasteiger partial charge in [0.15, 0.2) is 0 Å². The molecule has 88 valence electrons. The van der Waals surface area contributed by atoms with Gasteiger partial charge in [0, 0.05) is 18.8 Å². The van der Waals surface area contributed by atoms with E-state index in [-0.39, 0.29) is 5.54 Å². The lowest BCUT2D eigenvalue weighted by atomic mass is 9.90. The third kappa shape index (κ3) is 2.54. The number of hydrogen-bond donors (Lipinski definition) is 3. The normalized spacial score (nSPS) is 25.4. The summed E-state index contributed by atoms with van der Waals surface area (Å²) in [5.41, 5.74) is 8.40. The van der Waals surface area contributed by atoms with E-state index in [1.165, 1.54) is 17.7 Å². The largest absolute Gasteiger partial charge is 0.377 e. The first kappa shape index (κ1) is 11.4. The van der Waals surface area contributed by atoms with Crippen molar-refractivity contribution in [2.24, 2.45) is 5.73 Å². The van der Waals surface area contributed by atoms with Crippen LogP contribution in [0.25, 0.3) is 0 Å². The highest BCUT2D eigenvalue weighted by atomic mass is 15.1. The molecule has 1 heterocycles. The molecule has 0 amide bonds. The Kier molecular flexibility index (Phi) is 3.46. The monoisotopic (exact) mass is 219 g/mol. The zero-order valence-corrected chi connectivity index (χ0v) is 9.92. The lowest BCUT2D eigenvalue weighted by Gasteiger charge is -2.38.